The van der Waals surface area contributed by atoms with Crippen LogP contribution in [0.25, 0.3) is 0 Å². The van der Waals surface area contributed by atoms with Crippen molar-refractivity contribution in [3.63, 3.8) is 0 Å². The Bertz CT molecular complexity index is 441. The van der Waals surface area contributed by atoms with Gasteiger partial charge in [-0.05, 0) is 19.3 Å². The van der Waals surface area contributed by atoms with Gasteiger partial charge in [0.2, 0.25) is 5.91 Å². The van der Waals surface area contributed by atoms with Crippen molar-refractivity contribution in [3.8, 4) is 0 Å². The van der Waals surface area contributed by atoms with Crippen LogP contribution in [0, 0.1) is 17.8 Å². The summed E-state index contributed by atoms with van der Waals surface area (Å²) in [6, 6.07) is -0.0486. The molecule has 5 nitrogen and oxygen atoms in total. The Morgan fingerprint density at radius 1 is 1.21 bits per heavy atom. The number of nitrogens with zero attached hydrogens (tertiary/aromatic N) is 1. The van der Waals surface area contributed by atoms with Gasteiger partial charge in [-0.2, -0.15) is 13.2 Å². The number of alkyl halides is 3. The van der Waals surface area contributed by atoms with Gasteiger partial charge < -0.3 is 10.4 Å². The molecule has 0 aromatic rings. The summed E-state index contributed by atoms with van der Waals surface area (Å²) in [6.07, 6.45) is -1.73. The molecule has 0 aromatic heterocycles. The Balaban J connectivity index is 2.46. The number of hydrogen-bond acceptors (Lipinski definition) is 3. The maximum absolute atomic E-state index is 12.9. The van der Waals surface area contributed by atoms with E-state index in [4.69, 9.17) is 5.11 Å². The Labute approximate surface area is 140 Å². The summed E-state index contributed by atoms with van der Waals surface area (Å²) in [5.74, 6) is -4.68. The fraction of sp³-hybridized carbons (Fsp3) is 0.875. The highest BCUT2D eigenvalue weighted by atomic mass is 19.4. The van der Waals surface area contributed by atoms with E-state index in [1.54, 1.807) is 0 Å². The molecule has 1 rings (SSSR count). The molecule has 8 heteroatoms. The molecule has 0 aliphatic carbocycles. The zero-order valence-corrected chi connectivity index (χ0v) is 14.4. The molecule has 1 aliphatic rings. The third-order valence-electron chi connectivity index (χ3n) is 4.33. The largest absolute Gasteiger partial charge is 0.481 e. The minimum absolute atomic E-state index is 0.0486. The van der Waals surface area contributed by atoms with Crippen LogP contribution < -0.4 is 5.32 Å². The molecular weight excluding hydrogens is 325 g/mol. The number of likely N-dealkylation sites (tertiary alicyclic amines) is 1. The lowest BCUT2D eigenvalue weighted by atomic mass is 9.96. The third kappa shape index (κ3) is 6.67. The van der Waals surface area contributed by atoms with Gasteiger partial charge in [-0.15, -0.1) is 0 Å². The molecule has 0 radical (unpaired) electrons. The maximum atomic E-state index is 12.9. The van der Waals surface area contributed by atoms with Crippen molar-refractivity contribution in [2.24, 2.45) is 17.8 Å². The molecule has 0 bridgehead atoms. The fourth-order valence-corrected chi connectivity index (χ4v) is 3.02. The number of rotatable bonds is 8. The van der Waals surface area contributed by atoms with Crippen LogP contribution in [0.4, 0.5) is 13.2 Å². The van der Waals surface area contributed by atoms with E-state index in [-0.39, 0.29) is 25.0 Å². The smallest absolute Gasteiger partial charge is 0.393 e. The van der Waals surface area contributed by atoms with Gasteiger partial charge in [0, 0.05) is 19.1 Å². The number of hydrogen-bond donors (Lipinski definition) is 2. The molecule has 0 saturated carbocycles. The summed E-state index contributed by atoms with van der Waals surface area (Å²) in [5, 5.41) is 11.7. The number of carboxylic acid groups (broad SMARTS) is 1. The van der Waals surface area contributed by atoms with Crippen LogP contribution in [0.5, 0.6) is 0 Å². The normalized spacial score (nSPS) is 23.5. The fourth-order valence-electron chi connectivity index (χ4n) is 3.02. The maximum Gasteiger partial charge on any atom is 0.393 e. The predicted octanol–water partition coefficient (Wildman–Crippen LogP) is 2.51. The van der Waals surface area contributed by atoms with Crippen molar-refractivity contribution < 1.29 is 27.9 Å². The number of carboxylic acids is 1. The molecule has 140 valence electrons. The van der Waals surface area contributed by atoms with Crippen molar-refractivity contribution in [2.45, 2.75) is 52.3 Å². The van der Waals surface area contributed by atoms with E-state index in [9.17, 15) is 22.8 Å². The highest BCUT2D eigenvalue weighted by molar-refractivity contribution is 5.78. The van der Waals surface area contributed by atoms with Crippen molar-refractivity contribution in [2.75, 3.05) is 19.6 Å². The van der Waals surface area contributed by atoms with Gasteiger partial charge in [-0.1, -0.05) is 26.7 Å². The Kier molecular flexibility index (Phi) is 7.51. The standard InChI is InChI=1S/C16H27F3N2O3/c1-10(2)5-4-6-11(3)20-14(22)9-21-7-12(15(23)24)13(8-21)16(17,18)19/h10-13H,4-9H2,1-3H3,(H,20,22)(H,23,24)/t11?,12-,13-/m1/s1. The van der Waals surface area contributed by atoms with Gasteiger partial charge >= 0.3 is 12.1 Å². The summed E-state index contributed by atoms with van der Waals surface area (Å²) >= 11 is 0. The SMILES string of the molecule is CC(C)CCCC(C)NC(=O)CN1C[C@@H](C(F)(F)F)[C@H](C(=O)O)C1. The van der Waals surface area contributed by atoms with Crippen LogP contribution in [0.3, 0.4) is 0 Å². The summed E-state index contributed by atoms with van der Waals surface area (Å²) in [6.45, 7) is 5.19. The van der Waals surface area contributed by atoms with Gasteiger partial charge in [0.1, 0.15) is 0 Å². The van der Waals surface area contributed by atoms with Crippen LogP contribution in [0.1, 0.15) is 40.0 Å². The molecule has 1 heterocycles. The average molecular weight is 352 g/mol. The molecule has 24 heavy (non-hydrogen) atoms. The number of halogens is 3. The number of carbonyl (C=O) groups excluding carboxylic acids is 1. The van der Waals surface area contributed by atoms with Crippen LogP contribution in [-0.4, -0.2) is 53.7 Å². The number of carbonyl (C=O) groups is 2. The van der Waals surface area contributed by atoms with Crippen LogP contribution in [0.2, 0.25) is 0 Å². The van der Waals surface area contributed by atoms with Crippen LogP contribution in [0.15, 0.2) is 0 Å². The zero-order valence-electron chi connectivity index (χ0n) is 14.4. The number of aliphatic carboxylic acids is 1. The lowest BCUT2D eigenvalue weighted by molar-refractivity contribution is -0.188. The summed E-state index contributed by atoms with van der Waals surface area (Å²) in [5.41, 5.74) is 0. The topological polar surface area (TPSA) is 69.6 Å². The summed E-state index contributed by atoms with van der Waals surface area (Å²) in [7, 11) is 0. The van der Waals surface area contributed by atoms with E-state index in [1.165, 1.54) is 4.90 Å². The van der Waals surface area contributed by atoms with Gasteiger partial charge in [-0.25, -0.2) is 0 Å². The van der Waals surface area contributed by atoms with Gasteiger partial charge in [0.15, 0.2) is 0 Å². The minimum atomic E-state index is -4.57. The average Bonchev–Trinajstić information content (AvgIpc) is 2.81. The van der Waals surface area contributed by atoms with Gasteiger partial charge in [0.25, 0.3) is 0 Å². The van der Waals surface area contributed by atoms with E-state index in [2.05, 4.69) is 19.2 Å². The molecule has 1 amide bonds. The predicted molar refractivity (Wildman–Crippen MR) is 83.4 cm³/mol. The monoisotopic (exact) mass is 352 g/mol. The van der Waals surface area contributed by atoms with Crippen molar-refractivity contribution in [1.82, 2.24) is 10.2 Å². The quantitative estimate of drug-likeness (QED) is 0.704. The minimum Gasteiger partial charge on any atom is -0.481 e. The molecular formula is C16H27F3N2O3. The first-order chi connectivity index (χ1) is 11.0. The molecule has 0 aromatic carbocycles. The zero-order chi connectivity index (χ0) is 18.5. The first-order valence-electron chi connectivity index (χ1n) is 8.32. The first kappa shape index (κ1) is 20.7. The van der Waals surface area contributed by atoms with Crippen molar-refractivity contribution >= 4 is 11.9 Å². The van der Waals surface area contributed by atoms with E-state index < -0.39 is 30.5 Å². The first-order valence-corrected chi connectivity index (χ1v) is 8.32. The second-order valence-corrected chi connectivity index (χ2v) is 7.08. The third-order valence-corrected chi connectivity index (χ3v) is 4.33. The Morgan fingerprint density at radius 2 is 1.83 bits per heavy atom. The van der Waals surface area contributed by atoms with Crippen LogP contribution in [-0.2, 0) is 9.59 Å². The Morgan fingerprint density at radius 3 is 2.29 bits per heavy atom. The number of amides is 1. The summed E-state index contributed by atoms with van der Waals surface area (Å²) in [4.78, 5) is 24.2. The molecule has 3 atom stereocenters. The lowest BCUT2D eigenvalue weighted by Crippen LogP contribution is -2.40. The molecule has 0 spiro atoms. The molecule has 1 saturated heterocycles. The summed E-state index contributed by atoms with van der Waals surface area (Å²) < 4.78 is 38.7. The second kappa shape index (κ2) is 8.69. The van der Waals surface area contributed by atoms with Crippen molar-refractivity contribution in [1.29, 1.82) is 0 Å². The van der Waals surface area contributed by atoms with Crippen LogP contribution >= 0.6 is 0 Å². The molecule has 1 unspecified atom stereocenters. The highest BCUT2D eigenvalue weighted by Gasteiger charge is 2.52. The second-order valence-electron chi connectivity index (χ2n) is 7.08. The van der Waals surface area contributed by atoms with E-state index >= 15 is 0 Å². The highest BCUT2D eigenvalue weighted by Crippen LogP contribution is 2.37. The molecule has 2 N–H and O–H groups in total. The van der Waals surface area contributed by atoms with Crippen molar-refractivity contribution in [3.05, 3.63) is 0 Å². The van der Waals surface area contributed by atoms with E-state index in [1.807, 2.05) is 6.92 Å². The van der Waals surface area contributed by atoms with Gasteiger partial charge in [0.05, 0.1) is 18.4 Å². The molecule has 1 aliphatic heterocycles. The van der Waals surface area contributed by atoms with E-state index in [0.717, 1.165) is 19.3 Å². The van der Waals surface area contributed by atoms with Gasteiger partial charge in [-0.3, -0.25) is 14.5 Å². The number of nitrogens with one attached hydrogen (secondary N) is 1. The lowest BCUT2D eigenvalue weighted by Gasteiger charge is -2.19. The Hall–Kier alpha value is -1.31. The molecule has 1 fully saturated rings. The van der Waals surface area contributed by atoms with E-state index in [0.29, 0.717) is 5.92 Å².